The zero-order valence-electron chi connectivity index (χ0n) is 14.7. The summed E-state index contributed by atoms with van der Waals surface area (Å²) in [7, 11) is 0. The van der Waals surface area contributed by atoms with Crippen LogP contribution in [0.15, 0.2) is 59.4 Å². The van der Waals surface area contributed by atoms with E-state index in [4.69, 9.17) is 16.3 Å². The molecule has 0 aliphatic heterocycles. The quantitative estimate of drug-likeness (QED) is 0.704. The lowest BCUT2D eigenvalue weighted by Gasteiger charge is -2.21. The number of halogens is 1. The minimum Gasteiger partial charge on any atom is -0.443 e. The number of carbonyl (C=O) groups excluding carboxylic acids is 1. The third kappa shape index (κ3) is 3.89. The first kappa shape index (κ1) is 18.0. The van der Waals surface area contributed by atoms with E-state index in [-0.39, 0.29) is 5.56 Å². The van der Waals surface area contributed by atoms with E-state index in [1.807, 2.05) is 18.2 Å². The Bertz CT molecular complexity index is 1020. The number of rotatable bonds is 2. The molecule has 0 bridgehead atoms. The Hall–Kier alpha value is -2.79. The zero-order valence-corrected chi connectivity index (χ0v) is 15.5. The summed E-state index contributed by atoms with van der Waals surface area (Å²) < 4.78 is 6.50. The van der Waals surface area contributed by atoms with Crippen LogP contribution < -0.4 is 11.0 Å². The maximum absolute atomic E-state index is 13.0. The smallest absolute Gasteiger partial charge is 0.427 e. The Balaban J connectivity index is 2.16. The van der Waals surface area contributed by atoms with Gasteiger partial charge in [-0.05, 0) is 50.4 Å². The monoisotopic (exact) mass is 370 g/mol. The van der Waals surface area contributed by atoms with Crippen molar-refractivity contribution in [3.8, 4) is 11.3 Å². The minimum absolute atomic E-state index is 0.334. The number of carbonyl (C=O) groups is 1. The number of hydrogen-bond donors (Lipinski definition) is 1. The Labute approximate surface area is 156 Å². The second-order valence-corrected chi connectivity index (χ2v) is 7.31. The third-order valence-electron chi connectivity index (χ3n) is 3.67. The molecule has 3 rings (SSSR count). The molecule has 0 unspecified atom stereocenters. The number of fused-ring (bicyclic) bond motifs is 1. The maximum atomic E-state index is 13.0. The second-order valence-electron chi connectivity index (χ2n) is 6.88. The molecule has 1 N–H and O–H groups in total. The van der Waals surface area contributed by atoms with Gasteiger partial charge in [0.2, 0.25) is 0 Å². The molecule has 0 radical (unpaired) electrons. The van der Waals surface area contributed by atoms with Gasteiger partial charge in [0.1, 0.15) is 5.60 Å². The molecule has 1 amide bonds. The molecule has 1 aromatic heterocycles. The summed E-state index contributed by atoms with van der Waals surface area (Å²) in [5.41, 5.74) is 2.82. The molecule has 2 aromatic carbocycles. The largest absolute Gasteiger partial charge is 0.443 e. The van der Waals surface area contributed by atoms with Crippen molar-refractivity contribution >= 4 is 28.5 Å². The van der Waals surface area contributed by atoms with Gasteiger partial charge in [0, 0.05) is 16.0 Å². The molecule has 26 heavy (non-hydrogen) atoms. The van der Waals surface area contributed by atoms with Gasteiger partial charge >= 0.3 is 6.09 Å². The lowest BCUT2D eigenvalue weighted by atomic mass is 10.1. The summed E-state index contributed by atoms with van der Waals surface area (Å²) >= 11 is 5.96. The predicted octanol–water partition coefficient (Wildman–Crippen LogP) is 4.80. The first-order valence-electron chi connectivity index (χ1n) is 8.15. The molecular weight excluding hydrogens is 352 g/mol. The molecule has 3 aromatic rings. The molecule has 0 aliphatic carbocycles. The van der Waals surface area contributed by atoms with Crippen LogP contribution in [0.25, 0.3) is 22.0 Å². The van der Waals surface area contributed by atoms with E-state index >= 15 is 0 Å². The van der Waals surface area contributed by atoms with Gasteiger partial charge in [-0.15, -0.1) is 0 Å². The number of nitrogens with one attached hydrogen (secondary N) is 1. The molecule has 134 valence electrons. The van der Waals surface area contributed by atoms with E-state index < -0.39 is 11.7 Å². The molecule has 0 saturated heterocycles. The van der Waals surface area contributed by atoms with Crippen LogP contribution in [0.2, 0.25) is 5.02 Å². The number of benzene rings is 2. The Kier molecular flexibility index (Phi) is 4.74. The summed E-state index contributed by atoms with van der Waals surface area (Å²) in [6.45, 7) is 5.28. The first-order chi connectivity index (χ1) is 12.2. The number of pyridine rings is 1. The fraction of sp³-hybridized carbons (Fsp3) is 0.200. The van der Waals surface area contributed by atoms with Gasteiger partial charge in [-0.25, -0.2) is 14.9 Å². The number of nitrogens with zero attached hydrogens (tertiary/aromatic N) is 1. The van der Waals surface area contributed by atoms with Crippen LogP contribution in [0.1, 0.15) is 20.8 Å². The zero-order chi connectivity index (χ0) is 18.9. The van der Waals surface area contributed by atoms with Crippen molar-refractivity contribution in [2.24, 2.45) is 0 Å². The maximum Gasteiger partial charge on any atom is 0.427 e. The highest BCUT2D eigenvalue weighted by molar-refractivity contribution is 6.30. The third-order valence-corrected chi connectivity index (χ3v) is 3.92. The molecule has 0 fully saturated rings. The van der Waals surface area contributed by atoms with E-state index in [0.717, 1.165) is 10.9 Å². The van der Waals surface area contributed by atoms with Gasteiger partial charge in [-0.1, -0.05) is 41.9 Å². The van der Waals surface area contributed by atoms with Crippen LogP contribution in [0.5, 0.6) is 0 Å². The summed E-state index contributed by atoms with van der Waals surface area (Å²) in [6.07, 6.45) is -0.704. The fourth-order valence-corrected chi connectivity index (χ4v) is 2.72. The number of aromatic nitrogens is 1. The van der Waals surface area contributed by atoms with Crippen molar-refractivity contribution in [3.63, 3.8) is 0 Å². The van der Waals surface area contributed by atoms with Crippen molar-refractivity contribution in [1.82, 2.24) is 4.68 Å². The van der Waals surface area contributed by atoms with E-state index in [1.54, 1.807) is 57.2 Å². The Morgan fingerprint density at radius 1 is 1.08 bits per heavy atom. The summed E-state index contributed by atoms with van der Waals surface area (Å²) in [6, 6.07) is 16.1. The van der Waals surface area contributed by atoms with Crippen molar-refractivity contribution < 1.29 is 9.53 Å². The van der Waals surface area contributed by atoms with Gasteiger partial charge in [0.15, 0.2) is 0 Å². The molecule has 0 atom stereocenters. The molecule has 5 nitrogen and oxygen atoms in total. The highest BCUT2D eigenvalue weighted by atomic mass is 35.5. The summed E-state index contributed by atoms with van der Waals surface area (Å²) in [4.78, 5) is 25.2. The van der Waals surface area contributed by atoms with Gasteiger partial charge < -0.3 is 4.74 Å². The molecule has 6 heteroatoms. The molecular formula is C20H19ClN2O3. The van der Waals surface area contributed by atoms with Crippen LogP contribution in [-0.4, -0.2) is 16.4 Å². The normalized spacial score (nSPS) is 11.4. The number of hydrogen-bond acceptors (Lipinski definition) is 3. The van der Waals surface area contributed by atoms with Gasteiger partial charge in [-0.2, -0.15) is 0 Å². The highest BCUT2D eigenvalue weighted by Crippen LogP contribution is 2.23. The lowest BCUT2D eigenvalue weighted by molar-refractivity contribution is 0.0613. The number of ether oxygens (including phenoxy) is 1. The average Bonchev–Trinajstić information content (AvgIpc) is 2.56. The standard InChI is InChI=1S/C20H19ClN2O3/c1-20(2,3)26-19(25)22-23-17(13-8-10-15(21)11-9-13)12-14-6-4-5-7-16(14)18(23)24/h4-12H,1-3H3,(H,22,25). The van der Waals surface area contributed by atoms with E-state index in [2.05, 4.69) is 5.43 Å². The molecule has 0 spiro atoms. The topological polar surface area (TPSA) is 60.3 Å². The van der Waals surface area contributed by atoms with E-state index in [1.165, 1.54) is 4.68 Å². The van der Waals surface area contributed by atoms with Gasteiger partial charge in [-0.3, -0.25) is 4.79 Å². The lowest BCUT2D eigenvalue weighted by Crippen LogP contribution is -2.37. The van der Waals surface area contributed by atoms with Crippen molar-refractivity contribution in [3.05, 3.63) is 70.0 Å². The van der Waals surface area contributed by atoms with Crippen LogP contribution in [-0.2, 0) is 4.74 Å². The Morgan fingerprint density at radius 3 is 2.38 bits per heavy atom. The van der Waals surface area contributed by atoms with Gasteiger partial charge in [0.05, 0.1) is 5.69 Å². The fourth-order valence-electron chi connectivity index (χ4n) is 2.60. The van der Waals surface area contributed by atoms with Crippen LogP contribution >= 0.6 is 11.6 Å². The summed E-state index contributed by atoms with van der Waals surface area (Å²) in [5.74, 6) is 0. The highest BCUT2D eigenvalue weighted by Gasteiger charge is 2.19. The number of amides is 1. The van der Waals surface area contributed by atoms with Crippen molar-refractivity contribution in [2.45, 2.75) is 26.4 Å². The SMILES string of the molecule is CC(C)(C)OC(=O)Nn1c(-c2ccc(Cl)cc2)cc2ccccc2c1=O. The van der Waals surface area contributed by atoms with Crippen LogP contribution in [0.3, 0.4) is 0 Å². The van der Waals surface area contributed by atoms with Crippen molar-refractivity contribution in [2.75, 3.05) is 5.43 Å². The molecule has 0 saturated carbocycles. The Morgan fingerprint density at radius 2 is 1.73 bits per heavy atom. The van der Waals surface area contributed by atoms with Crippen LogP contribution in [0, 0.1) is 0 Å². The van der Waals surface area contributed by atoms with Crippen LogP contribution in [0.4, 0.5) is 4.79 Å². The van der Waals surface area contributed by atoms with Gasteiger partial charge in [0.25, 0.3) is 5.56 Å². The minimum atomic E-state index is -0.704. The molecule has 0 aliphatic rings. The predicted molar refractivity (Wildman–Crippen MR) is 104 cm³/mol. The van der Waals surface area contributed by atoms with E-state index in [9.17, 15) is 9.59 Å². The molecule has 1 heterocycles. The summed E-state index contributed by atoms with van der Waals surface area (Å²) in [5, 5.41) is 1.87. The second kappa shape index (κ2) is 6.84. The van der Waals surface area contributed by atoms with Crippen molar-refractivity contribution in [1.29, 1.82) is 0 Å². The van der Waals surface area contributed by atoms with E-state index in [0.29, 0.717) is 16.1 Å². The average molecular weight is 371 g/mol. The first-order valence-corrected chi connectivity index (χ1v) is 8.53.